The second kappa shape index (κ2) is 7.90. The molecule has 2 unspecified atom stereocenters. The highest BCUT2D eigenvalue weighted by Crippen LogP contribution is 2.30. The minimum absolute atomic E-state index is 0.0752. The molecular weight excluding hydrogens is 293 g/mol. The highest BCUT2D eigenvalue weighted by molar-refractivity contribution is 6.30. The summed E-state index contributed by atoms with van der Waals surface area (Å²) in [7, 11) is 0. The molecule has 2 atom stereocenters. The fourth-order valence-electron chi connectivity index (χ4n) is 2.85. The fraction of sp³-hybridized carbons (Fsp3) is 0.562. The smallest absolute Gasteiger partial charge is 0.224 e. The quantitative estimate of drug-likeness (QED) is 0.816. The third-order valence-corrected chi connectivity index (χ3v) is 4.75. The van der Waals surface area contributed by atoms with Crippen molar-refractivity contribution in [1.82, 2.24) is 5.32 Å². The lowest BCUT2D eigenvalue weighted by atomic mass is 9.80. The van der Waals surface area contributed by atoms with Crippen LogP contribution < -0.4 is 5.32 Å². The zero-order chi connectivity index (χ0) is 14.4. The van der Waals surface area contributed by atoms with E-state index < -0.39 is 0 Å². The van der Waals surface area contributed by atoms with Crippen molar-refractivity contribution in [1.29, 1.82) is 0 Å². The monoisotopic (exact) mass is 313 g/mol. The molecule has 2 nitrogen and oxygen atoms in total. The molecule has 1 aliphatic rings. The van der Waals surface area contributed by atoms with Crippen LogP contribution in [-0.2, 0) is 11.2 Å². The van der Waals surface area contributed by atoms with Gasteiger partial charge < -0.3 is 5.32 Å². The Labute approximate surface area is 130 Å². The minimum atomic E-state index is 0.0752. The third-order valence-electron chi connectivity index (χ3n) is 4.10. The van der Waals surface area contributed by atoms with Gasteiger partial charge in [-0.15, -0.1) is 11.6 Å². The summed E-state index contributed by atoms with van der Waals surface area (Å²) in [5, 5.41) is 3.74. The highest BCUT2D eigenvalue weighted by atomic mass is 35.5. The van der Waals surface area contributed by atoms with Crippen LogP contribution in [0.15, 0.2) is 24.3 Å². The summed E-state index contributed by atoms with van der Waals surface area (Å²) in [6.07, 6.45) is 5.31. The Kier molecular flexibility index (Phi) is 6.18. The van der Waals surface area contributed by atoms with Gasteiger partial charge in [0.1, 0.15) is 0 Å². The molecule has 1 N–H and O–H groups in total. The zero-order valence-electron chi connectivity index (χ0n) is 11.6. The predicted octanol–water partition coefficient (Wildman–Crippen LogP) is 4.04. The number of carbonyl (C=O) groups excluding carboxylic acids is 1. The molecule has 0 heterocycles. The molecule has 1 aromatic rings. The van der Waals surface area contributed by atoms with Crippen LogP contribution in [0.3, 0.4) is 0 Å². The average molecular weight is 314 g/mol. The number of alkyl halides is 1. The first-order valence-corrected chi connectivity index (χ1v) is 8.17. The number of hydrogen-bond acceptors (Lipinski definition) is 1. The molecular formula is C16H21Cl2NO. The summed E-state index contributed by atoms with van der Waals surface area (Å²) in [6, 6.07) is 7.41. The van der Waals surface area contributed by atoms with Crippen molar-refractivity contribution in [3.05, 3.63) is 34.9 Å². The van der Waals surface area contributed by atoms with Gasteiger partial charge in [0.25, 0.3) is 0 Å². The zero-order valence-corrected chi connectivity index (χ0v) is 13.1. The lowest BCUT2D eigenvalue weighted by Gasteiger charge is -2.30. The molecule has 1 fully saturated rings. The van der Waals surface area contributed by atoms with Crippen LogP contribution in [0.25, 0.3) is 0 Å². The fourth-order valence-corrected chi connectivity index (χ4v) is 3.38. The normalized spacial score (nSPS) is 22.5. The van der Waals surface area contributed by atoms with Crippen molar-refractivity contribution in [3.8, 4) is 0 Å². The van der Waals surface area contributed by atoms with Crippen molar-refractivity contribution in [2.75, 3.05) is 12.4 Å². The highest BCUT2D eigenvalue weighted by Gasteiger charge is 2.24. The Morgan fingerprint density at radius 1 is 1.15 bits per heavy atom. The summed E-state index contributed by atoms with van der Waals surface area (Å²) in [5.74, 6) is 1.88. The molecule has 0 bridgehead atoms. The van der Waals surface area contributed by atoms with Gasteiger partial charge in [0.05, 0.1) is 6.42 Å². The Bertz CT molecular complexity index is 433. The Balaban J connectivity index is 1.78. The van der Waals surface area contributed by atoms with E-state index >= 15 is 0 Å². The van der Waals surface area contributed by atoms with E-state index in [1.54, 1.807) is 0 Å². The van der Waals surface area contributed by atoms with E-state index in [-0.39, 0.29) is 5.91 Å². The summed E-state index contributed by atoms with van der Waals surface area (Å²) in [4.78, 5) is 12.0. The van der Waals surface area contributed by atoms with Gasteiger partial charge in [-0.05, 0) is 42.4 Å². The number of carbonyl (C=O) groups is 1. The first-order valence-electron chi connectivity index (χ1n) is 7.26. The first-order chi connectivity index (χ1) is 9.69. The molecule has 1 aromatic carbocycles. The standard InChI is InChI=1S/C16H21Cl2NO/c17-10-13-3-1-2-4-14(13)11-19-16(20)9-12-5-7-15(18)8-6-12/h5-8,13-14H,1-4,9-11H2,(H,19,20). The van der Waals surface area contributed by atoms with E-state index in [9.17, 15) is 4.79 Å². The molecule has 0 aliphatic heterocycles. The molecule has 0 saturated heterocycles. The van der Waals surface area contributed by atoms with Crippen LogP contribution in [0, 0.1) is 11.8 Å². The molecule has 1 amide bonds. The third kappa shape index (κ3) is 4.68. The van der Waals surface area contributed by atoms with E-state index in [0.717, 1.165) is 12.1 Å². The van der Waals surface area contributed by atoms with Crippen LogP contribution in [0.5, 0.6) is 0 Å². The van der Waals surface area contributed by atoms with Crippen LogP contribution in [0.2, 0.25) is 5.02 Å². The second-order valence-electron chi connectivity index (χ2n) is 5.57. The molecule has 0 aromatic heterocycles. The molecule has 4 heteroatoms. The topological polar surface area (TPSA) is 29.1 Å². The molecule has 0 spiro atoms. The maximum absolute atomic E-state index is 12.0. The molecule has 110 valence electrons. The number of benzene rings is 1. The Morgan fingerprint density at radius 3 is 2.45 bits per heavy atom. The number of halogens is 2. The molecule has 1 saturated carbocycles. The van der Waals surface area contributed by atoms with Crippen LogP contribution in [-0.4, -0.2) is 18.3 Å². The van der Waals surface area contributed by atoms with E-state index in [1.165, 1.54) is 25.7 Å². The van der Waals surface area contributed by atoms with Crippen LogP contribution >= 0.6 is 23.2 Å². The SMILES string of the molecule is O=C(Cc1ccc(Cl)cc1)NCC1CCCCC1CCl. The average Bonchev–Trinajstić information content (AvgIpc) is 2.48. The van der Waals surface area contributed by atoms with Gasteiger partial charge in [-0.3, -0.25) is 4.79 Å². The van der Waals surface area contributed by atoms with Crippen LogP contribution in [0.1, 0.15) is 31.2 Å². The van der Waals surface area contributed by atoms with Gasteiger partial charge in [-0.25, -0.2) is 0 Å². The van der Waals surface area contributed by atoms with Crippen molar-refractivity contribution in [3.63, 3.8) is 0 Å². The number of nitrogens with one attached hydrogen (secondary N) is 1. The van der Waals surface area contributed by atoms with Crippen molar-refractivity contribution < 1.29 is 4.79 Å². The molecule has 1 aliphatic carbocycles. The predicted molar refractivity (Wildman–Crippen MR) is 84.3 cm³/mol. The molecule has 0 radical (unpaired) electrons. The largest absolute Gasteiger partial charge is 0.356 e. The Morgan fingerprint density at radius 2 is 1.80 bits per heavy atom. The maximum atomic E-state index is 12.0. The lowest BCUT2D eigenvalue weighted by Crippen LogP contribution is -2.35. The summed E-state index contributed by atoms with van der Waals surface area (Å²) in [6.45, 7) is 0.754. The van der Waals surface area contributed by atoms with Crippen LogP contribution in [0.4, 0.5) is 0 Å². The van der Waals surface area contributed by atoms with Gasteiger partial charge in [0.15, 0.2) is 0 Å². The van der Waals surface area contributed by atoms with Crippen molar-refractivity contribution >= 4 is 29.1 Å². The minimum Gasteiger partial charge on any atom is -0.356 e. The van der Waals surface area contributed by atoms with E-state index in [1.807, 2.05) is 24.3 Å². The number of hydrogen-bond donors (Lipinski definition) is 1. The van der Waals surface area contributed by atoms with E-state index in [4.69, 9.17) is 23.2 Å². The first kappa shape index (κ1) is 15.7. The number of amides is 1. The van der Waals surface area contributed by atoms with E-state index in [0.29, 0.717) is 29.2 Å². The van der Waals surface area contributed by atoms with Gasteiger partial charge in [0.2, 0.25) is 5.91 Å². The molecule has 2 rings (SSSR count). The maximum Gasteiger partial charge on any atom is 0.224 e. The van der Waals surface area contributed by atoms with E-state index in [2.05, 4.69) is 5.32 Å². The van der Waals surface area contributed by atoms with Gasteiger partial charge in [-0.2, -0.15) is 0 Å². The summed E-state index contributed by atoms with van der Waals surface area (Å²) >= 11 is 11.8. The lowest BCUT2D eigenvalue weighted by molar-refractivity contribution is -0.120. The molecule has 20 heavy (non-hydrogen) atoms. The summed E-state index contributed by atoms with van der Waals surface area (Å²) in [5.41, 5.74) is 0.990. The van der Waals surface area contributed by atoms with Gasteiger partial charge in [0, 0.05) is 17.4 Å². The van der Waals surface area contributed by atoms with Crippen molar-refractivity contribution in [2.45, 2.75) is 32.1 Å². The number of rotatable bonds is 5. The Hall–Kier alpha value is -0.730. The van der Waals surface area contributed by atoms with Gasteiger partial charge >= 0.3 is 0 Å². The van der Waals surface area contributed by atoms with Crippen molar-refractivity contribution in [2.24, 2.45) is 11.8 Å². The second-order valence-corrected chi connectivity index (χ2v) is 6.31. The summed E-state index contributed by atoms with van der Waals surface area (Å²) < 4.78 is 0. The van der Waals surface area contributed by atoms with Gasteiger partial charge in [-0.1, -0.05) is 36.6 Å².